The maximum absolute atomic E-state index is 10.1. The van der Waals surface area contributed by atoms with Crippen LogP contribution in [0.5, 0.6) is 0 Å². The molecule has 0 radical (unpaired) electrons. The van der Waals surface area contributed by atoms with Crippen LogP contribution in [0.4, 0.5) is 0 Å². The standard InChI is InChI=1S/C22H29Cl2NOS/c1-14(2)21-20(13-26)15(3)25(12-16-7-5-4-6-8-16)22(21)27-19-10-17(23)9-18(24)11-19/h9-11,14,16,26H,4-8,12-13H2,1-3H3. The Bertz CT molecular complexity index is 774. The number of aliphatic hydroxyl groups excluding tert-OH is 1. The van der Waals surface area contributed by atoms with Gasteiger partial charge in [-0.15, -0.1) is 0 Å². The first-order chi connectivity index (χ1) is 12.9. The van der Waals surface area contributed by atoms with E-state index in [0.29, 0.717) is 16.0 Å². The second kappa shape index (κ2) is 9.26. The third kappa shape index (κ3) is 4.87. The van der Waals surface area contributed by atoms with Crippen molar-refractivity contribution in [3.63, 3.8) is 0 Å². The fourth-order valence-corrected chi connectivity index (χ4v) is 6.28. The molecule has 0 saturated heterocycles. The molecule has 1 saturated carbocycles. The van der Waals surface area contributed by atoms with E-state index in [-0.39, 0.29) is 6.61 Å². The summed E-state index contributed by atoms with van der Waals surface area (Å²) in [4.78, 5) is 1.04. The van der Waals surface area contributed by atoms with Gasteiger partial charge in [0.25, 0.3) is 0 Å². The van der Waals surface area contributed by atoms with E-state index in [0.717, 1.165) is 22.9 Å². The molecule has 1 aromatic carbocycles. The molecule has 148 valence electrons. The molecule has 3 rings (SSSR count). The molecule has 2 nitrogen and oxygen atoms in total. The molecule has 1 aromatic heterocycles. The van der Waals surface area contributed by atoms with Gasteiger partial charge in [-0.05, 0) is 55.4 Å². The van der Waals surface area contributed by atoms with Crippen LogP contribution in [-0.2, 0) is 13.2 Å². The largest absolute Gasteiger partial charge is 0.392 e. The van der Waals surface area contributed by atoms with Crippen LogP contribution in [0.15, 0.2) is 28.1 Å². The van der Waals surface area contributed by atoms with Gasteiger partial charge in [0.15, 0.2) is 0 Å². The summed E-state index contributed by atoms with van der Waals surface area (Å²) in [5.41, 5.74) is 3.53. The summed E-state index contributed by atoms with van der Waals surface area (Å²) < 4.78 is 2.44. The molecule has 1 aliphatic rings. The molecule has 1 aliphatic carbocycles. The minimum absolute atomic E-state index is 0.0842. The fourth-order valence-electron chi connectivity index (χ4n) is 4.24. The normalized spacial score (nSPS) is 15.7. The third-order valence-electron chi connectivity index (χ3n) is 5.59. The molecule has 2 aromatic rings. The van der Waals surface area contributed by atoms with E-state index in [2.05, 4.69) is 25.3 Å². The maximum atomic E-state index is 10.1. The molecule has 27 heavy (non-hydrogen) atoms. The third-order valence-corrected chi connectivity index (χ3v) is 7.14. The average molecular weight is 426 g/mol. The molecule has 0 unspecified atom stereocenters. The Morgan fingerprint density at radius 1 is 1.11 bits per heavy atom. The fraction of sp³-hybridized carbons (Fsp3) is 0.545. The Kier molecular flexibility index (Phi) is 7.24. The van der Waals surface area contributed by atoms with Crippen molar-refractivity contribution in [2.45, 2.75) is 81.9 Å². The lowest BCUT2D eigenvalue weighted by Crippen LogP contribution is -2.16. The van der Waals surface area contributed by atoms with E-state index in [9.17, 15) is 5.11 Å². The minimum atomic E-state index is 0.0842. The first-order valence-electron chi connectivity index (χ1n) is 9.87. The molecule has 5 heteroatoms. The van der Waals surface area contributed by atoms with E-state index in [1.165, 1.54) is 48.4 Å². The zero-order valence-electron chi connectivity index (χ0n) is 16.4. The Hall–Kier alpha value is -0.610. The van der Waals surface area contributed by atoms with Crippen molar-refractivity contribution < 1.29 is 5.11 Å². The number of nitrogens with zero attached hydrogens (tertiary/aromatic N) is 1. The minimum Gasteiger partial charge on any atom is -0.392 e. The van der Waals surface area contributed by atoms with Crippen LogP contribution in [0.3, 0.4) is 0 Å². The SMILES string of the molecule is Cc1c(CO)c(C(C)C)c(Sc2cc(Cl)cc(Cl)c2)n1CC1CCCCC1. The molecule has 0 spiro atoms. The Balaban J connectivity index is 2.04. The predicted octanol–water partition coefficient (Wildman–Crippen LogP) is 7.45. The Morgan fingerprint density at radius 2 is 1.74 bits per heavy atom. The summed E-state index contributed by atoms with van der Waals surface area (Å²) in [5.74, 6) is 1.06. The summed E-state index contributed by atoms with van der Waals surface area (Å²) in [5, 5.41) is 12.6. The van der Waals surface area contributed by atoms with Crippen molar-refractivity contribution in [3.05, 3.63) is 45.1 Å². The highest BCUT2D eigenvalue weighted by atomic mass is 35.5. The summed E-state index contributed by atoms with van der Waals surface area (Å²) in [6.07, 6.45) is 6.64. The van der Waals surface area contributed by atoms with Gasteiger partial charge < -0.3 is 9.67 Å². The zero-order valence-corrected chi connectivity index (χ0v) is 18.7. The topological polar surface area (TPSA) is 25.2 Å². The van der Waals surface area contributed by atoms with Gasteiger partial charge in [-0.1, -0.05) is 68.1 Å². The van der Waals surface area contributed by atoms with Crippen molar-refractivity contribution in [1.82, 2.24) is 4.57 Å². The van der Waals surface area contributed by atoms with Crippen LogP contribution in [0, 0.1) is 12.8 Å². The molecule has 1 N–H and O–H groups in total. The lowest BCUT2D eigenvalue weighted by Gasteiger charge is -2.24. The first kappa shape index (κ1) is 21.1. The Morgan fingerprint density at radius 3 is 2.30 bits per heavy atom. The summed E-state index contributed by atoms with van der Waals surface area (Å²) in [6.45, 7) is 7.67. The van der Waals surface area contributed by atoms with Gasteiger partial charge in [-0.3, -0.25) is 0 Å². The number of aromatic nitrogens is 1. The monoisotopic (exact) mass is 425 g/mol. The van der Waals surface area contributed by atoms with Gasteiger partial charge in [-0.2, -0.15) is 0 Å². The molecule has 0 amide bonds. The summed E-state index contributed by atoms with van der Waals surface area (Å²) in [7, 11) is 0. The van der Waals surface area contributed by atoms with Gasteiger partial charge in [0.2, 0.25) is 0 Å². The van der Waals surface area contributed by atoms with E-state index >= 15 is 0 Å². The lowest BCUT2D eigenvalue weighted by molar-refractivity contribution is 0.278. The second-order valence-electron chi connectivity index (χ2n) is 7.92. The van der Waals surface area contributed by atoms with Crippen molar-refractivity contribution in [2.24, 2.45) is 5.92 Å². The highest BCUT2D eigenvalue weighted by Crippen LogP contribution is 2.42. The first-order valence-corrected chi connectivity index (χ1v) is 11.4. The van der Waals surface area contributed by atoms with Gasteiger partial charge >= 0.3 is 0 Å². The van der Waals surface area contributed by atoms with Crippen LogP contribution >= 0.6 is 35.0 Å². The van der Waals surface area contributed by atoms with Crippen molar-refractivity contribution in [3.8, 4) is 0 Å². The molecular weight excluding hydrogens is 397 g/mol. The number of benzene rings is 1. The molecule has 1 heterocycles. The number of aliphatic hydroxyl groups is 1. The molecule has 0 aliphatic heterocycles. The van der Waals surface area contributed by atoms with Crippen LogP contribution < -0.4 is 0 Å². The molecular formula is C22H29Cl2NOS. The molecule has 0 atom stereocenters. The van der Waals surface area contributed by atoms with Crippen molar-refractivity contribution >= 4 is 35.0 Å². The highest BCUT2D eigenvalue weighted by Gasteiger charge is 2.25. The van der Waals surface area contributed by atoms with Crippen molar-refractivity contribution in [2.75, 3.05) is 0 Å². The average Bonchev–Trinajstić information content (AvgIpc) is 2.87. The van der Waals surface area contributed by atoms with Crippen molar-refractivity contribution in [1.29, 1.82) is 0 Å². The van der Waals surface area contributed by atoms with Gasteiger partial charge in [0.05, 0.1) is 11.6 Å². The van der Waals surface area contributed by atoms with Crippen LogP contribution in [0.1, 0.15) is 68.7 Å². The van der Waals surface area contributed by atoms with E-state index in [4.69, 9.17) is 23.2 Å². The van der Waals surface area contributed by atoms with E-state index in [1.54, 1.807) is 17.8 Å². The van der Waals surface area contributed by atoms with Crippen LogP contribution in [0.25, 0.3) is 0 Å². The number of hydrogen-bond acceptors (Lipinski definition) is 2. The number of hydrogen-bond donors (Lipinski definition) is 1. The molecule has 1 fully saturated rings. The van der Waals surface area contributed by atoms with Gasteiger partial charge in [-0.25, -0.2) is 0 Å². The summed E-state index contributed by atoms with van der Waals surface area (Å²) >= 11 is 14.2. The molecule has 0 bridgehead atoms. The second-order valence-corrected chi connectivity index (χ2v) is 9.85. The van der Waals surface area contributed by atoms with E-state index in [1.807, 2.05) is 12.1 Å². The van der Waals surface area contributed by atoms with Crippen LogP contribution in [0.2, 0.25) is 10.0 Å². The highest BCUT2D eigenvalue weighted by molar-refractivity contribution is 7.99. The zero-order chi connectivity index (χ0) is 19.6. The van der Waals surface area contributed by atoms with Gasteiger partial charge in [0.1, 0.15) is 0 Å². The van der Waals surface area contributed by atoms with Gasteiger partial charge in [0, 0.05) is 32.7 Å². The van der Waals surface area contributed by atoms with E-state index < -0.39 is 0 Å². The quantitative estimate of drug-likeness (QED) is 0.519. The maximum Gasteiger partial charge on any atom is 0.0837 e. The Labute approximate surface area is 177 Å². The smallest absolute Gasteiger partial charge is 0.0837 e. The predicted molar refractivity (Wildman–Crippen MR) is 116 cm³/mol. The van der Waals surface area contributed by atoms with Crippen LogP contribution in [-0.4, -0.2) is 9.67 Å². The number of halogens is 2. The lowest BCUT2D eigenvalue weighted by atomic mass is 9.89. The summed E-state index contributed by atoms with van der Waals surface area (Å²) in [6, 6.07) is 5.70. The number of rotatable bonds is 6.